The maximum absolute atomic E-state index is 14.2. The predicted molar refractivity (Wildman–Crippen MR) is 110 cm³/mol. The van der Waals surface area contributed by atoms with E-state index in [0.29, 0.717) is 16.9 Å². The molecule has 4 atom stereocenters. The molecule has 3 aromatic heterocycles. The zero-order valence-corrected chi connectivity index (χ0v) is 17.0. The molecule has 0 saturated carbocycles. The highest BCUT2D eigenvalue weighted by molar-refractivity contribution is 5.87. The number of imidazole rings is 1. The summed E-state index contributed by atoms with van der Waals surface area (Å²) in [6, 6.07) is 3.91. The summed E-state index contributed by atoms with van der Waals surface area (Å²) in [6.45, 7) is 3.34. The topological polar surface area (TPSA) is 113 Å². The maximum atomic E-state index is 14.2. The fraction of sp³-hybridized carbons (Fsp3) is 0.500. The lowest BCUT2D eigenvalue weighted by molar-refractivity contribution is -0.0495. The molecule has 11 heteroatoms. The summed E-state index contributed by atoms with van der Waals surface area (Å²) >= 11 is 0. The number of ether oxygens (including phenoxy) is 1. The number of nitrogens with zero attached hydrogens (tertiary/aromatic N) is 7. The number of aromatic nitrogens is 5. The van der Waals surface area contributed by atoms with E-state index in [0.717, 1.165) is 37.6 Å². The average Bonchev–Trinajstić information content (AvgIpc) is 3.35. The van der Waals surface area contributed by atoms with Gasteiger partial charge in [-0.15, -0.1) is 0 Å². The SMILES string of the molecule is CN1CCN(c2ccc(-c3ncnc4c3ncn4[C@@H]3O[C@H](CO)[C@@H](F)[C@H]3O)cn2)CC1. The molecule has 3 aromatic rings. The lowest BCUT2D eigenvalue weighted by Crippen LogP contribution is -2.44. The van der Waals surface area contributed by atoms with Crippen LogP contribution >= 0.6 is 0 Å². The Hall–Kier alpha value is -2.73. The molecule has 5 heterocycles. The molecule has 0 aromatic carbocycles. The number of hydrogen-bond donors (Lipinski definition) is 2. The third kappa shape index (κ3) is 3.53. The van der Waals surface area contributed by atoms with Crippen LogP contribution in [0.4, 0.5) is 10.2 Å². The minimum Gasteiger partial charge on any atom is -0.394 e. The Bertz CT molecular complexity index is 1050. The van der Waals surface area contributed by atoms with E-state index in [1.165, 1.54) is 17.2 Å². The molecule has 0 radical (unpaired) electrons. The van der Waals surface area contributed by atoms with Gasteiger partial charge in [-0.1, -0.05) is 0 Å². The van der Waals surface area contributed by atoms with Crippen LogP contribution in [0.25, 0.3) is 22.4 Å². The number of halogens is 1. The number of rotatable bonds is 4. The Morgan fingerprint density at radius 2 is 1.94 bits per heavy atom. The summed E-state index contributed by atoms with van der Waals surface area (Å²) in [6.07, 6.45) is -0.660. The van der Waals surface area contributed by atoms with Crippen LogP contribution in [0.3, 0.4) is 0 Å². The highest BCUT2D eigenvalue weighted by atomic mass is 19.1. The van der Waals surface area contributed by atoms with Gasteiger partial charge in [-0.25, -0.2) is 24.3 Å². The van der Waals surface area contributed by atoms with Crippen LogP contribution in [-0.2, 0) is 4.74 Å². The molecule has 5 rings (SSSR count). The number of fused-ring (bicyclic) bond motifs is 1. The number of alkyl halides is 1. The van der Waals surface area contributed by atoms with Crippen molar-refractivity contribution in [2.24, 2.45) is 0 Å². The monoisotopic (exact) mass is 429 g/mol. The van der Waals surface area contributed by atoms with E-state index >= 15 is 0 Å². The van der Waals surface area contributed by atoms with E-state index in [9.17, 15) is 14.6 Å². The molecule has 0 amide bonds. The van der Waals surface area contributed by atoms with Crippen molar-refractivity contribution in [3.8, 4) is 11.3 Å². The lowest BCUT2D eigenvalue weighted by atomic mass is 10.1. The molecule has 10 nitrogen and oxygen atoms in total. The van der Waals surface area contributed by atoms with Gasteiger partial charge in [0.1, 0.15) is 35.6 Å². The Morgan fingerprint density at radius 1 is 1.13 bits per heavy atom. The second-order valence-corrected chi connectivity index (χ2v) is 7.92. The quantitative estimate of drug-likeness (QED) is 0.602. The van der Waals surface area contributed by atoms with Gasteiger partial charge in [-0.2, -0.15) is 0 Å². The summed E-state index contributed by atoms with van der Waals surface area (Å²) in [5, 5.41) is 19.5. The number of pyridine rings is 1. The molecular formula is C20H24FN7O3. The van der Waals surface area contributed by atoms with Crippen LogP contribution in [0.1, 0.15) is 6.23 Å². The number of aliphatic hydroxyl groups is 2. The Morgan fingerprint density at radius 3 is 2.61 bits per heavy atom. The fourth-order valence-electron chi connectivity index (χ4n) is 4.08. The van der Waals surface area contributed by atoms with Crippen molar-refractivity contribution < 1.29 is 19.3 Å². The molecule has 0 aliphatic carbocycles. The Labute approximate surface area is 177 Å². The van der Waals surface area contributed by atoms with Gasteiger partial charge < -0.3 is 24.7 Å². The molecule has 31 heavy (non-hydrogen) atoms. The molecule has 0 bridgehead atoms. The standard InChI is InChI=1S/C20H24FN7O3/c1-26-4-6-27(7-5-26)14-3-2-12(8-22-14)16-17-19(24-10-23-16)28(11-25-17)20-18(30)15(21)13(9-29)31-20/h2-3,8,10-11,13,15,18,20,29-30H,4-7,9H2,1H3/t13-,15-,18-,20-/m1/s1. The minimum atomic E-state index is -1.69. The van der Waals surface area contributed by atoms with E-state index in [2.05, 4.69) is 36.8 Å². The number of piperazine rings is 1. The molecule has 2 saturated heterocycles. The smallest absolute Gasteiger partial charge is 0.166 e. The lowest BCUT2D eigenvalue weighted by Gasteiger charge is -2.33. The van der Waals surface area contributed by atoms with E-state index in [1.54, 1.807) is 6.20 Å². The highest BCUT2D eigenvalue weighted by Gasteiger charge is 2.45. The van der Waals surface area contributed by atoms with Crippen molar-refractivity contribution >= 4 is 17.0 Å². The van der Waals surface area contributed by atoms with Gasteiger partial charge in [-0.3, -0.25) is 4.57 Å². The molecule has 2 aliphatic heterocycles. The summed E-state index contributed by atoms with van der Waals surface area (Å²) in [4.78, 5) is 22.2. The van der Waals surface area contributed by atoms with Gasteiger partial charge in [0.25, 0.3) is 0 Å². The normalized spacial score (nSPS) is 27.3. The van der Waals surface area contributed by atoms with Crippen LogP contribution in [0.5, 0.6) is 0 Å². The molecule has 0 unspecified atom stereocenters. The van der Waals surface area contributed by atoms with E-state index in [-0.39, 0.29) is 0 Å². The van der Waals surface area contributed by atoms with Gasteiger partial charge in [0, 0.05) is 37.9 Å². The van der Waals surface area contributed by atoms with Gasteiger partial charge in [0.15, 0.2) is 18.0 Å². The first kappa shape index (κ1) is 20.2. The second-order valence-electron chi connectivity index (χ2n) is 7.92. The van der Waals surface area contributed by atoms with Gasteiger partial charge in [-0.05, 0) is 19.2 Å². The molecule has 2 aliphatic rings. The van der Waals surface area contributed by atoms with Crippen molar-refractivity contribution in [3.63, 3.8) is 0 Å². The van der Waals surface area contributed by atoms with Gasteiger partial charge >= 0.3 is 0 Å². The van der Waals surface area contributed by atoms with Crippen LogP contribution in [-0.4, -0.2) is 97.8 Å². The third-order valence-electron chi connectivity index (χ3n) is 5.95. The Kier molecular flexibility index (Phi) is 5.26. The van der Waals surface area contributed by atoms with Crippen molar-refractivity contribution in [3.05, 3.63) is 31.0 Å². The zero-order valence-electron chi connectivity index (χ0n) is 17.0. The predicted octanol–water partition coefficient (Wildman–Crippen LogP) is 0.229. The molecule has 2 fully saturated rings. The number of hydrogen-bond acceptors (Lipinski definition) is 9. The van der Waals surface area contributed by atoms with Gasteiger partial charge in [0.05, 0.1) is 12.9 Å². The number of anilines is 1. The van der Waals surface area contributed by atoms with Gasteiger partial charge in [0.2, 0.25) is 0 Å². The maximum Gasteiger partial charge on any atom is 0.166 e. The summed E-state index contributed by atoms with van der Waals surface area (Å²) in [5.41, 5.74) is 2.27. The average molecular weight is 429 g/mol. The highest BCUT2D eigenvalue weighted by Crippen LogP contribution is 2.34. The van der Waals surface area contributed by atoms with E-state index in [4.69, 9.17) is 4.74 Å². The van der Waals surface area contributed by atoms with Crippen molar-refractivity contribution in [1.82, 2.24) is 29.4 Å². The van der Waals surface area contributed by atoms with E-state index < -0.39 is 31.2 Å². The summed E-state index contributed by atoms with van der Waals surface area (Å²) < 4.78 is 21.1. The summed E-state index contributed by atoms with van der Waals surface area (Å²) in [5.74, 6) is 0.916. The first-order valence-electron chi connectivity index (χ1n) is 10.2. The van der Waals surface area contributed by atoms with Crippen molar-refractivity contribution in [1.29, 1.82) is 0 Å². The van der Waals surface area contributed by atoms with E-state index in [1.807, 2.05) is 12.1 Å². The first-order chi connectivity index (χ1) is 15.1. The Balaban J connectivity index is 1.44. The minimum absolute atomic E-state index is 0.406. The van der Waals surface area contributed by atoms with Crippen LogP contribution < -0.4 is 4.90 Å². The fourth-order valence-corrected chi connectivity index (χ4v) is 4.08. The molecule has 2 N–H and O–H groups in total. The molecule has 164 valence electrons. The van der Waals surface area contributed by atoms with Crippen LogP contribution in [0.15, 0.2) is 31.0 Å². The molecular weight excluding hydrogens is 405 g/mol. The second kappa shape index (κ2) is 8.08. The number of aliphatic hydroxyl groups excluding tert-OH is 2. The van der Waals surface area contributed by atoms with Crippen LogP contribution in [0, 0.1) is 0 Å². The van der Waals surface area contributed by atoms with Crippen molar-refractivity contribution in [2.75, 3.05) is 44.7 Å². The van der Waals surface area contributed by atoms with Crippen LogP contribution in [0.2, 0.25) is 0 Å². The molecule has 0 spiro atoms. The first-order valence-corrected chi connectivity index (χ1v) is 10.2. The number of likely N-dealkylation sites (N-methyl/N-ethyl adjacent to an activating group) is 1. The largest absolute Gasteiger partial charge is 0.394 e. The zero-order chi connectivity index (χ0) is 21.5. The summed E-state index contributed by atoms with van der Waals surface area (Å²) in [7, 11) is 2.11. The van der Waals surface area contributed by atoms with Crippen molar-refractivity contribution in [2.45, 2.75) is 24.6 Å². The third-order valence-corrected chi connectivity index (χ3v) is 5.95.